The first kappa shape index (κ1) is 14.0. The summed E-state index contributed by atoms with van der Waals surface area (Å²) >= 11 is 3.49. The molecule has 21 heavy (non-hydrogen) atoms. The van der Waals surface area contributed by atoms with Gasteiger partial charge in [-0.1, -0.05) is 30.3 Å². The molecule has 0 unspecified atom stereocenters. The van der Waals surface area contributed by atoms with Crippen LogP contribution in [0.5, 0.6) is 0 Å². The maximum atomic E-state index is 5.24. The van der Waals surface area contributed by atoms with Gasteiger partial charge < -0.3 is 4.74 Å². The molecule has 0 amide bonds. The highest BCUT2D eigenvalue weighted by molar-refractivity contribution is 9.10. The fraction of sp³-hybridized carbons (Fsp3) is 0.125. The molecule has 0 aliphatic rings. The summed E-state index contributed by atoms with van der Waals surface area (Å²) in [7, 11) is 1.66. The van der Waals surface area contributed by atoms with E-state index in [-0.39, 0.29) is 0 Å². The molecule has 0 saturated carbocycles. The normalized spacial score (nSPS) is 10.8. The second kappa shape index (κ2) is 6.20. The van der Waals surface area contributed by atoms with E-state index in [9.17, 15) is 0 Å². The fourth-order valence-corrected chi connectivity index (χ4v) is 2.63. The van der Waals surface area contributed by atoms with Gasteiger partial charge in [0.25, 0.3) is 0 Å². The summed E-state index contributed by atoms with van der Waals surface area (Å²) in [5, 5.41) is 4.63. The lowest BCUT2D eigenvalue weighted by molar-refractivity contribution is 0.122. The Morgan fingerprint density at radius 3 is 2.67 bits per heavy atom. The number of benzene rings is 1. The van der Waals surface area contributed by atoms with Crippen molar-refractivity contribution in [2.75, 3.05) is 7.11 Å². The monoisotopic (exact) mass is 343 g/mol. The Hall–Kier alpha value is -1.98. The molecule has 0 aliphatic heterocycles. The number of hydrogen-bond donors (Lipinski definition) is 0. The van der Waals surface area contributed by atoms with Crippen molar-refractivity contribution in [1.29, 1.82) is 0 Å². The highest BCUT2D eigenvalue weighted by atomic mass is 79.9. The van der Waals surface area contributed by atoms with Crippen LogP contribution < -0.4 is 0 Å². The lowest BCUT2D eigenvalue weighted by Crippen LogP contribution is -2.04. The van der Waals surface area contributed by atoms with Gasteiger partial charge in [-0.15, -0.1) is 0 Å². The maximum Gasteiger partial charge on any atom is 0.139 e. The van der Waals surface area contributed by atoms with E-state index >= 15 is 0 Å². The topological polar surface area (TPSA) is 39.9 Å². The second-order valence-corrected chi connectivity index (χ2v) is 5.29. The predicted molar refractivity (Wildman–Crippen MR) is 85.6 cm³/mol. The van der Waals surface area contributed by atoms with Crippen LogP contribution in [0.4, 0.5) is 0 Å². The molecule has 0 N–H and O–H groups in total. The van der Waals surface area contributed by atoms with Gasteiger partial charge in [0.2, 0.25) is 0 Å². The average Bonchev–Trinajstić information content (AvgIpc) is 2.93. The molecular formula is C16H14BrN3O. The Kier molecular flexibility index (Phi) is 4.13. The summed E-state index contributed by atoms with van der Waals surface area (Å²) in [5.41, 5.74) is 3.95. The molecule has 0 spiro atoms. The highest BCUT2D eigenvalue weighted by Crippen LogP contribution is 2.30. The number of halogens is 1. The minimum atomic E-state index is 0.392. The molecule has 4 nitrogen and oxygen atoms in total. The Labute approximate surface area is 131 Å². The van der Waals surface area contributed by atoms with Crippen LogP contribution in [0.1, 0.15) is 0 Å². The molecule has 0 aliphatic carbocycles. The number of methoxy groups -OCH3 is 1. The Morgan fingerprint density at radius 1 is 1.14 bits per heavy atom. The molecule has 106 valence electrons. The van der Waals surface area contributed by atoms with Gasteiger partial charge in [-0.3, -0.25) is 0 Å². The fourth-order valence-electron chi connectivity index (χ4n) is 2.18. The predicted octanol–water partition coefficient (Wildman–Crippen LogP) is 3.98. The van der Waals surface area contributed by atoms with Crippen LogP contribution in [0, 0.1) is 0 Å². The quantitative estimate of drug-likeness (QED) is 0.672. The van der Waals surface area contributed by atoms with Gasteiger partial charge in [0.05, 0.1) is 11.4 Å². The van der Waals surface area contributed by atoms with Crippen LogP contribution in [0.2, 0.25) is 0 Å². The van der Waals surface area contributed by atoms with E-state index in [1.165, 1.54) is 0 Å². The summed E-state index contributed by atoms with van der Waals surface area (Å²) < 4.78 is 7.87. The van der Waals surface area contributed by atoms with E-state index in [0.29, 0.717) is 6.73 Å². The number of aromatic nitrogens is 3. The van der Waals surface area contributed by atoms with Gasteiger partial charge in [-0.2, -0.15) is 5.10 Å². The van der Waals surface area contributed by atoms with Crippen LogP contribution >= 0.6 is 15.9 Å². The van der Waals surface area contributed by atoms with Crippen molar-refractivity contribution in [2.24, 2.45) is 0 Å². The summed E-state index contributed by atoms with van der Waals surface area (Å²) in [6, 6.07) is 16.1. The van der Waals surface area contributed by atoms with Gasteiger partial charge in [0, 0.05) is 24.4 Å². The molecule has 0 bridgehead atoms. The zero-order chi connectivity index (χ0) is 14.7. The first-order chi connectivity index (χ1) is 10.3. The minimum absolute atomic E-state index is 0.392. The van der Waals surface area contributed by atoms with Crippen molar-refractivity contribution in [3.8, 4) is 22.5 Å². The minimum Gasteiger partial charge on any atom is -0.362 e. The summed E-state index contributed by atoms with van der Waals surface area (Å²) in [6.07, 6.45) is 1.75. The average molecular weight is 344 g/mol. The molecule has 0 fully saturated rings. The third kappa shape index (κ3) is 2.89. The van der Waals surface area contributed by atoms with Crippen molar-refractivity contribution >= 4 is 15.9 Å². The maximum absolute atomic E-state index is 5.24. The lowest BCUT2D eigenvalue weighted by atomic mass is 10.1. The third-order valence-corrected chi connectivity index (χ3v) is 3.77. The molecule has 1 aromatic carbocycles. The first-order valence-electron chi connectivity index (χ1n) is 6.52. The molecule has 2 aromatic heterocycles. The van der Waals surface area contributed by atoms with Crippen molar-refractivity contribution < 1.29 is 4.74 Å². The number of nitrogens with zero attached hydrogens (tertiary/aromatic N) is 3. The Bertz CT molecular complexity index is 740. The van der Waals surface area contributed by atoms with Gasteiger partial charge in [0.1, 0.15) is 11.3 Å². The number of rotatable bonds is 4. The standard InChI is InChI=1S/C16H14BrN3O/c1-21-11-20-15(13-8-5-9-18-16(13)17)10-14(19-20)12-6-3-2-4-7-12/h2-10H,11H2,1H3. The number of pyridine rings is 1. The Morgan fingerprint density at radius 2 is 1.95 bits per heavy atom. The van der Waals surface area contributed by atoms with Gasteiger partial charge in [-0.05, 0) is 34.1 Å². The van der Waals surface area contributed by atoms with Crippen LogP contribution in [0.25, 0.3) is 22.5 Å². The van der Waals surface area contributed by atoms with E-state index in [4.69, 9.17) is 4.74 Å². The van der Waals surface area contributed by atoms with E-state index in [1.807, 2.05) is 47.1 Å². The molecule has 2 heterocycles. The number of ether oxygens (including phenoxy) is 1. The van der Waals surface area contributed by atoms with Crippen LogP contribution in [-0.4, -0.2) is 21.9 Å². The third-order valence-electron chi connectivity index (χ3n) is 3.14. The molecule has 0 radical (unpaired) electrons. The Balaban J connectivity index is 2.12. The van der Waals surface area contributed by atoms with Crippen molar-refractivity contribution in [3.05, 3.63) is 59.3 Å². The summed E-state index contributed by atoms with van der Waals surface area (Å²) in [6.45, 7) is 0.392. The lowest BCUT2D eigenvalue weighted by Gasteiger charge is -2.06. The van der Waals surface area contributed by atoms with E-state index in [2.05, 4.69) is 32.1 Å². The van der Waals surface area contributed by atoms with Crippen molar-refractivity contribution in [1.82, 2.24) is 14.8 Å². The van der Waals surface area contributed by atoms with Gasteiger partial charge in [-0.25, -0.2) is 9.67 Å². The van der Waals surface area contributed by atoms with Crippen molar-refractivity contribution in [2.45, 2.75) is 6.73 Å². The van der Waals surface area contributed by atoms with Crippen LogP contribution in [0.15, 0.2) is 59.3 Å². The molecule has 3 rings (SSSR count). The number of hydrogen-bond acceptors (Lipinski definition) is 3. The first-order valence-corrected chi connectivity index (χ1v) is 7.32. The molecule has 3 aromatic rings. The zero-order valence-corrected chi connectivity index (χ0v) is 13.1. The summed E-state index contributed by atoms with van der Waals surface area (Å²) in [5.74, 6) is 0. The van der Waals surface area contributed by atoms with Crippen LogP contribution in [-0.2, 0) is 11.5 Å². The van der Waals surface area contributed by atoms with Crippen LogP contribution in [0.3, 0.4) is 0 Å². The second-order valence-electron chi connectivity index (χ2n) is 4.54. The molecule has 5 heteroatoms. The van der Waals surface area contributed by atoms with E-state index < -0.39 is 0 Å². The molecular weight excluding hydrogens is 330 g/mol. The largest absolute Gasteiger partial charge is 0.362 e. The highest BCUT2D eigenvalue weighted by Gasteiger charge is 2.13. The van der Waals surface area contributed by atoms with E-state index in [0.717, 1.165) is 27.1 Å². The van der Waals surface area contributed by atoms with Gasteiger partial charge >= 0.3 is 0 Å². The molecule has 0 saturated heterocycles. The SMILES string of the molecule is COCn1nc(-c2ccccc2)cc1-c1cccnc1Br. The zero-order valence-electron chi connectivity index (χ0n) is 11.5. The van der Waals surface area contributed by atoms with Gasteiger partial charge in [0.15, 0.2) is 0 Å². The smallest absolute Gasteiger partial charge is 0.139 e. The van der Waals surface area contributed by atoms with E-state index in [1.54, 1.807) is 13.3 Å². The summed E-state index contributed by atoms with van der Waals surface area (Å²) in [4.78, 5) is 4.27. The van der Waals surface area contributed by atoms with Crippen molar-refractivity contribution in [3.63, 3.8) is 0 Å². The molecule has 0 atom stereocenters.